The smallest absolute Gasteiger partial charge is 0.252 e. The Morgan fingerprint density at radius 3 is 3.06 bits per heavy atom. The maximum atomic E-state index is 11.5. The summed E-state index contributed by atoms with van der Waals surface area (Å²) >= 11 is 4.79. The summed E-state index contributed by atoms with van der Waals surface area (Å²) in [4.78, 5) is 14.2. The minimum atomic E-state index is -0.0641. The maximum absolute atomic E-state index is 11.5. The summed E-state index contributed by atoms with van der Waals surface area (Å²) in [5.74, 6) is -0.0641. The van der Waals surface area contributed by atoms with Gasteiger partial charge < -0.3 is 5.32 Å². The molecule has 0 aliphatic heterocycles. The predicted octanol–water partition coefficient (Wildman–Crippen LogP) is 3.33. The average molecular weight is 303 g/mol. The fourth-order valence-electron chi connectivity index (χ4n) is 1.09. The third-order valence-electron chi connectivity index (χ3n) is 1.86. The van der Waals surface area contributed by atoms with Crippen molar-refractivity contribution < 1.29 is 4.79 Å². The number of amides is 1. The number of rotatable bonds is 6. The predicted molar refractivity (Wildman–Crippen MR) is 67.6 cm³/mol. The summed E-state index contributed by atoms with van der Waals surface area (Å²) in [6.07, 6.45) is 1.60. The number of carbonyl (C=O) groups is 1. The van der Waals surface area contributed by atoms with Crippen LogP contribution in [0.3, 0.4) is 0 Å². The second-order valence-corrected chi connectivity index (χ2v) is 5.35. The molecule has 1 aromatic heterocycles. The topological polar surface area (TPSA) is 77.9 Å². The first-order valence-corrected chi connectivity index (χ1v) is 6.44. The SMILES string of the molecule is [N-]=[N+]=NCCCCNC(=O)c1csc(Br)c1. The lowest BCUT2D eigenvalue weighted by molar-refractivity contribution is 0.0953. The van der Waals surface area contributed by atoms with Gasteiger partial charge in [-0.05, 0) is 40.4 Å². The minimum Gasteiger partial charge on any atom is -0.352 e. The number of nitrogens with one attached hydrogen (secondary N) is 1. The molecule has 0 saturated heterocycles. The summed E-state index contributed by atoms with van der Waals surface area (Å²) in [5.41, 5.74) is 8.72. The fourth-order valence-corrected chi connectivity index (χ4v) is 2.22. The molecule has 1 heterocycles. The van der Waals surface area contributed by atoms with Gasteiger partial charge in [-0.2, -0.15) is 0 Å². The molecular formula is C9H11BrN4OS. The van der Waals surface area contributed by atoms with Crippen molar-refractivity contribution in [2.24, 2.45) is 5.11 Å². The molecular weight excluding hydrogens is 292 g/mol. The molecule has 5 nitrogen and oxygen atoms in total. The van der Waals surface area contributed by atoms with Crippen molar-refractivity contribution in [3.63, 3.8) is 0 Å². The van der Waals surface area contributed by atoms with Crippen LogP contribution in [0.5, 0.6) is 0 Å². The number of azide groups is 1. The van der Waals surface area contributed by atoms with Crippen molar-refractivity contribution in [1.82, 2.24) is 5.32 Å². The van der Waals surface area contributed by atoms with Gasteiger partial charge in [0.15, 0.2) is 0 Å². The van der Waals surface area contributed by atoms with E-state index in [-0.39, 0.29) is 5.91 Å². The summed E-state index contributed by atoms with van der Waals surface area (Å²) in [6, 6.07) is 1.79. The Labute approximate surface area is 106 Å². The van der Waals surface area contributed by atoms with Crippen LogP contribution in [0.25, 0.3) is 10.4 Å². The Morgan fingerprint density at radius 1 is 1.62 bits per heavy atom. The standard InChI is InChI=1S/C9H11BrN4OS/c10-8-5-7(6-16-8)9(15)12-3-1-2-4-13-14-11/h5-6H,1-4H2,(H,12,15). The molecule has 0 aromatic carbocycles. The molecule has 0 bridgehead atoms. The fraction of sp³-hybridized carbons (Fsp3) is 0.444. The van der Waals surface area contributed by atoms with Crippen molar-refractivity contribution in [2.75, 3.05) is 13.1 Å². The van der Waals surface area contributed by atoms with Crippen molar-refractivity contribution in [3.05, 3.63) is 31.2 Å². The lowest BCUT2D eigenvalue weighted by Crippen LogP contribution is -2.23. The molecule has 1 aromatic rings. The Kier molecular flexibility index (Phi) is 5.92. The number of thiophene rings is 1. The molecule has 86 valence electrons. The highest BCUT2D eigenvalue weighted by Crippen LogP contribution is 2.20. The molecule has 0 saturated carbocycles. The van der Waals surface area contributed by atoms with E-state index in [1.54, 1.807) is 11.4 Å². The van der Waals surface area contributed by atoms with E-state index in [0.29, 0.717) is 18.7 Å². The van der Waals surface area contributed by atoms with E-state index in [1.807, 2.05) is 0 Å². The number of hydrogen-bond donors (Lipinski definition) is 1. The van der Waals surface area contributed by atoms with Crippen LogP contribution in [0, 0.1) is 0 Å². The summed E-state index contributed by atoms with van der Waals surface area (Å²) in [7, 11) is 0. The highest BCUT2D eigenvalue weighted by atomic mass is 79.9. The van der Waals surface area contributed by atoms with E-state index < -0.39 is 0 Å². The van der Waals surface area contributed by atoms with Crippen molar-refractivity contribution in [2.45, 2.75) is 12.8 Å². The second-order valence-electron chi connectivity index (χ2n) is 3.06. The van der Waals surface area contributed by atoms with Gasteiger partial charge in [0.25, 0.3) is 5.91 Å². The largest absolute Gasteiger partial charge is 0.352 e. The number of halogens is 1. The molecule has 1 N–H and O–H groups in total. The van der Waals surface area contributed by atoms with E-state index in [2.05, 4.69) is 31.3 Å². The molecule has 0 spiro atoms. The quantitative estimate of drug-likeness (QED) is 0.372. The normalized spacial score (nSPS) is 9.56. The number of hydrogen-bond acceptors (Lipinski definition) is 3. The zero-order chi connectivity index (χ0) is 11.8. The summed E-state index contributed by atoms with van der Waals surface area (Å²) in [5, 5.41) is 8.02. The van der Waals surface area contributed by atoms with E-state index in [1.165, 1.54) is 11.3 Å². The number of carbonyl (C=O) groups excluding carboxylic acids is 1. The molecule has 16 heavy (non-hydrogen) atoms. The first-order chi connectivity index (χ1) is 7.74. The van der Waals surface area contributed by atoms with Crippen LogP contribution in [-0.2, 0) is 0 Å². The van der Waals surface area contributed by atoms with Crippen molar-refractivity contribution >= 4 is 33.2 Å². The van der Waals surface area contributed by atoms with Crippen molar-refractivity contribution in [3.8, 4) is 0 Å². The number of unbranched alkanes of at least 4 members (excludes halogenated alkanes) is 1. The van der Waals surface area contributed by atoms with E-state index in [0.717, 1.165) is 16.6 Å². The van der Waals surface area contributed by atoms with Gasteiger partial charge in [0, 0.05) is 23.4 Å². The molecule has 7 heteroatoms. The zero-order valence-electron chi connectivity index (χ0n) is 8.52. The lowest BCUT2D eigenvalue weighted by atomic mass is 10.3. The van der Waals surface area contributed by atoms with E-state index in [9.17, 15) is 4.79 Å². The van der Waals surface area contributed by atoms with Crippen molar-refractivity contribution in [1.29, 1.82) is 0 Å². The minimum absolute atomic E-state index is 0.0641. The first-order valence-electron chi connectivity index (χ1n) is 4.77. The lowest BCUT2D eigenvalue weighted by Gasteiger charge is -2.01. The van der Waals surface area contributed by atoms with Crippen LogP contribution in [0.1, 0.15) is 23.2 Å². The van der Waals surface area contributed by atoms with Gasteiger partial charge >= 0.3 is 0 Å². The van der Waals surface area contributed by atoms with Gasteiger partial charge in [0.2, 0.25) is 0 Å². The number of nitrogens with zero attached hydrogens (tertiary/aromatic N) is 3. The van der Waals surface area contributed by atoms with Gasteiger partial charge in [-0.15, -0.1) is 11.3 Å². The summed E-state index contributed by atoms with van der Waals surface area (Å²) < 4.78 is 0.945. The molecule has 0 aliphatic carbocycles. The summed E-state index contributed by atoms with van der Waals surface area (Å²) in [6.45, 7) is 1.09. The van der Waals surface area contributed by atoms with Crippen LogP contribution >= 0.6 is 27.3 Å². The first kappa shape index (κ1) is 13.0. The Bertz CT molecular complexity index is 400. The molecule has 0 radical (unpaired) electrons. The second kappa shape index (κ2) is 7.27. The Balaban J connectivity index is 2.18. The molecule has 1 rings (SSSR count). The molecule has 1 amide bonds. The van der Waals surface area contributed by atoms with Crippen LogP contribution in [0.15, 0.2) is 20.3 Å². The van der Waals surface area contributed by atoms with E-state index >= 15 is 0 Å². The van der Waals surface area contributed by atoms with Crippen LogP contribution in [0.2, 0.25) is 0 Å². The maximum Gasteiger partial charge on any atom is 0.252 e. The van der Waals surface area contributed by atoms with Crippen LogP contribution < -0.4 is 5.32 Å². The van der Waals surface area contributed by atoms with Gasteiger partial charge in [-0.1, -0.05) is 5.11 Å². The van der Waals surface area contributed by atoms with Gasteiger partial charge in [0.05, 0.1) is 9.35 Å². The van der Waals surface area contributed by atoms with Gasteiger partial charge in [-0.25, -0.2) is 0 Å². The van der Waals surface area contributed by atoms with Gasteiger partial charge in [-0.3, -0.25) is 4.79 Å². The van der Waals surface area contributed by atoms with Gasteiger partial charge in [0.1, 0.15) is 0 Å². The molecule has 0 aliphatic rings. The molecule has 0 unspecified atom stereocenters. The Morgan fingerprint density at radius 2 is 2.44 bits per heavy atom. The van der Waals surface area contributed by atoms with Crippen LogP contribution in [0.4, 0.5) is 0 Å². The third kappa shape index (κ3) is 4.65. The van der Waals surface area contributed by atoms with Crippen LogP contribution in [-0.4, -0.2) is 19.0 Å². The highest BCUT2D eigenvalue weighted by molar-refractivity contribution is 9.11. The molecule has 0 atom stereocenters. The Hall–Kier alpha value is -1.04. The van der Waals surface area contributed by atoms with E-state index in [4.69, 9.17) is 5.53 Å². The highest BCUT2D eigenvalue weighted by Gasteiger charge is 2.06. The third-order valence-corrected chi connectivity index (χ3v) is 3.37. The zero-order valence-corrected chi connectivity index (χ0v) is 10.9. The average Bonchev–Trinajstić information content (AvgIpc) is 2.70. The molecule has 0 fully saturated rings. The monoisotopic (exact) mass is 302 g/mol.